The Bertz CT molecular complexity index is 1370. The summed E-state index contributed by atoms with van der Waals surface area (Å²) in [4.78, 5) is 17.2. The van der Waals surface area contributed by atoms with Crippen LogP contribution in [0.3, 0.4) is 0 Å². The van der Waals surface area contributed by atoms with Gasteiger partial charge in [-0.3, -0.25) is 9.20 Å². The van der Waals surface area contributed by atoms with E-state index in [1.807, 2.05) is 60.7 Å². The molecule has 2 aromatic carbocycles. The summed E-state index contributed by atoms with van der Waals surface area (Å²) in [7, 11) is -4.06. The standard InChI is InChI=1S/C22H19N3O4S2/c1-21(16-10-6-3-7-11-16)14-22(21,19(26)27)24-31(28,29)18-13-25-12-17(23-20(25)30-18)15-8-4-2-5-9-15/h2-13,24H,14H2,1H3,(H,26,27)/t21-,22-/m1/s1. The van der Waals surface area contributed by atoms with Crippen molar-refractivity contribution >= 4 is 32.3 Å². The maximum Gasteiger partial charge on any atom is 0.325 e. The molecule has 31 heavy (non-hydrogen) atoms. The van der Waals surface area contributed by atoms with Gasteiger partial charge in [-0.05, 0) is 12.0 Å². The maximum atomic E-state index is 13.1. The Hall–Kier alpha value is -3.01. The van der Waals surface area contributed by atoms with E-state index < -0.39 is 26.9 Å². The third kappa shape index (κ3) is 3.08. The Morgan fingerprint density at radius 1 is 1.10 bits per heavy atom. The minimum atomic E-state index is -4.06. The molecule has 1 saturated carbocycles. The van der Waals surface area contributed by atoms with Crippen molar-refractivity contribution < 1.29 is 18.3 Å². The molecule has 0 radical (unpaired) electrons. The van der Waals surface area contributed by atoms with Gasteiger partial charge >= 0.3 is 5.97 Å². The summed E-state index contributed by atoms with van der Waals surface area (Å²) in [6.45, 7) is 1.77. The molecule has 158 valence electrons. The Labute approximate surface area is 183 Å². The van der Waals surface area contributed by atoms with Gasteiger partial charge in [0.2, 0.25) is 0 Å². The Morgan fingerprint density at radius 2 is 1.74 bits per heavy atom. The predicted molar refractivity (Wildman–Crippen MR) is 118 cm³/mol. The van der Waals surface area contributed by atoms with E-state index in [2.05, 4.69) is 9.71 Å². The highest BCUT2D eigenvalue weighted by atomic mass is 32.2. The van der Waals surface area contributed by atoms with Crippen LogP contribution in [0, 0.1) is 0 Å². The third-order valence-corrected chi connectivity index (χ3v) is 8.94. The number of carboxylic acid groups (broad SMARTS) is 1. The van der Waals surface area contributed by atoms with Gasteiger partial charge in [-0.2, -0.15) is 4.72 Å². The fraction of sp³-hybridized carbons (Fsp3) is 0.182. The second-order valence-electron chi connectivity index (χ2n) is 7.92. The quantitative estimate of drug-likeness (QED) is 0.465. The van der Waals surface area contributed by atoms with E-state index >= 15 is 0 Å². The number of hydrogen-bond acceptors (Lipinski definition) is 5. The molecule has 0 bridgehead atoms. The number of carbonyl (C=O) groups is 1. The molecule has 0 unspecified atom stereocenters. The molecule has 5 rings (SSSR count). The Balaban J connectivity index is 1.47. The van der Waals surface area contributed by atoms with Crippen LogP contribution >= 0.6 is 11.3 Å². The number of rotatable bonds is 6. The van der Waals surface area contributed by atoms with Crippen molar-refractivity contribution in [2.45, 2.75) is 28.5 Å². The minimum Gasteiger partial charge on any atom is -0.480 e. The molecule has 2 N–H and O–H groups in total. The first-order chi connectivity index (χ1) is 14.8. The van der Waals surface area contributed by atoms with Gasteiger partial charge in [0.05, 0.1) is 5.69 Å². The monoisotopic (exact) mass is 453 g/mol. The van der Waals surface area contributed by atoms with Gasteiger partial charge in [0.1, 0.15) is 5.54 Å². The van der Waals surface area contributed by atoms with Crippen LogP contribution in [0.1, 0.15) is 18.9 Å². The number of sulfonamides is 1. The Kier molecular flexibility index (Phi) is 4.34. The molecular weight excluding hydrogens is 434 g/mol. The molecule has 7 nitrogen and oxygen atoms in total. The second-order valence-corrected chi connectivity index (χ2v) is 10.8. The van der Waals surface area contributed by atoms with Crippen LogP contribution in [0.15, 0.2) is 77.3 Å². The average Bonchev–Trinajstić information content (AvgIpc) is 3.05. The molecule has 0 amide bonds. The number of aromatic nitrogens is 2. The average molecular weight is 454 g/mol. The highest BCUT2D eigenvalue weighted by Crippen LogP contribution is 2.58. The molecule has 1 aliphatic rings. The number of thiazole rings is 1. The van der Waals surface area contributed by atoms with Gasteiger partial charge in [-0.1, -0.05) is 78.9 Å². The van der Waals surface area contributed by atoms with Gasteiger partial charge in [-0.25, -0.2) is 13.4 Å². The van der Waals surface area contributed by atoms with Crippen LogP contribution < -0.4 is 4.72 Å². The summed E-state index contributed by atoms with van der Waals surface area (Å²) in [6.07, 6.45) is 3.41. The van der Waals surface area contributed by atoms with Crippen molar-refractivity contribution in [3.8, 4) is 11.3 Å². The van der Waals surface area contributed by atoms with Crippen LogP contribution in [0.25, 0.3) is 16.2 Å². The van der Waals surface area contributed by atoms with Crippen molar-refractivity contribution in [1.29, 1.82) is 0 Å². The van der Waals surface area contributed by atoms with E-state index in [4.69, 9.17) is 0 Å². The molecule has 2 aromatic heterocycles. The summed E-state index contributed by atoms with van der Waals surface area (Å²) in [5.74, 6) is -1.19. The first kappa shape index (κ1) is 19.9. The zero-order valence-corrected chi connectivity index (χ0v) is 18.2. The largest absolute Gasteiger partial charge is 0.480 e. The van der Waals surface area contributed by atoms with Gasteiger partial charge in [0.15, 0.2) is 9.17 Å². The highest BCUT2D eigenvalue weighted by molar-refractivity contribution is 7.91. The van der Waals surface area contributed by atoms with E-state index in [-0.39, 0.29) is 10.6 Å². The summed E-state index contributed by atoms with van der Waals surface area (Å²) >= 11 is 1.00. The molecule has 0 saturated heterocycles. The normalized spacial score (nSPS) is 23.1. The number of nitrogens with zero attached hydrogens (tertiary/aromatic N) is 2. The lowest BCUT2D eigenvalue weighted by atomic mass is 9.93. The van der Waals surface area contributed by atoms with Crippen LogP contribution in [0.5, 0.6) is 0 Å². The molecule has 4 aromatic rings. The predicted octanol–water partition coefficient (Wildman–Crippen LogP) is 3.53. The van der Waals surface area contributed by atoms with Crippen molar-refractivity contribution in [1.82, 2.24) is 14.1 Å². The minimum absolute atomic E-state index is 0.0255. The summed E-state index contributed by atoms with van der Waals surface area (Å²) in [6, 6.07) is 18.7. The van der Waals surface area contributed by atoms with Gasteiger partial charge in [-0.15, -0.1) is 0 Å². The number of fused-ring (bicyclic) bond motifs is 1. The Morgan fingerprint density at radius 3 is 2.35 bits per heavy atom. The summed E-state index contributed by atoms with van der Waals surface area (Å²) < 4.78 is 30.4. The number of hydrogen-bond donors (Lipinski definition) is 2. The molecule has 2 heterocycles. The lowest BCUT2D eigenvalue weighted by molar-refractivity contribution is -0.140. The first-order valence-electron chi connectivity index (χ1n) is 9.62. The third-order valence-electron chi connectivity index (χ3n) is 5.99. The smallest absolute Gasteiger partial charge is 0.325 e. The molecule has 0 aliphatic heterocycles. The number of imidazole rings is 1. The SMILES string of the molecule is C[C@]1(c2ccccc2)C[C@@]1(NS(=O)(=O)c1cn2cc(-c3ccccc3)nc2s1)C(=O)O. The topological polar surface area (TPSA) is 101 Å². The number of aliphatic carboxylic acids is 1. The van der Waals surface area contributed by atoms with Gasteiger partial charge < -0.3 is 5.11 Å². The van der Waals surface area contributed by atoms with E-state index in [1.54, 1.807) is 17.5 Å². The molecular formula is C22H19N3O4S2. The molecule has 2 atom stereocenters. The highest BCUT2D eigenvalue weighted by Gasteiger charge is 2.72. The molecule has 9 heteroatoms. The fourth-order valence-corrected chi connectivity index (χ4v) is 6.76. The van der Waals surface area contributed by atoms with Crippen molar-refractivity contribution in [3.63, 3.8) is 0 Å². The van der Waals surface area contributed by atoms with Gasteiger partial charge in [0.25, 0.3) is 10.0 Å². The molecule has 1 aliphatic carbocycles. The maximum absolute atomic E-state index is 13.1. The second kappa shape index (κ2) is 6.74. The zero-order chi connectivity index (χ0) is 21.9. The number of nitrogens with one attached hydrogen (secondary N) is 1. The van der Waals surface area contributed by atoms with Crippen molar-refractivity contribution in [2.75, 3.05) is 0 Å². The summed E-state index contributed by atoms with van der Waals surface area (Å²) in [5.41, 5.74) is 0.0417. The van der Waals surface area contributed by atoms with E-state index in [1.165, 1.54) is 6.20 Å². The van der Waals surface area contributed by atoms with E-state index in [0.717, 1.165) is 28.2 Å². The lowest BCUT2D eigenvalue weighted by Gasteiger charge is -2.20. The summed E-state index contributed by atoms with van der Waals surface area (Å²) in [5, 5.41) is 9.93. The molecule has 0 spiro atoms. The van der Waals surface area contributed by atoms with Gasteiger partial charge in [0, 0.05) is 23.4 Å². The van der Waals surface area contributed by atoms with Crippen LogP contribution in [-0.2, 0) is 20.2 Å². The zero-order valence-electron chi connectivity index (χ0n) is 16.5. The van der Waals surface area contributed by atoms with Crippen molar-refractivity contribution in [3.05, 3.63) is 78.6 Å². The fourth-order valence-electron chi connectivity index (χ4n) is 4.07. The van der Waals surface area contributed by atoms with E-state index in [0.29, 0.717) is 4.96 Å². The van der Waals surface area contributed by atoms with Crippen LogP contribution in [-0.4, -0.2) is 34.4 Å². The lowest BCUT2D eigenvalue weighted by Crippen LogP contribution is -2.47. The van der Waals surface area contributed by atoms with Crippen molar-refractivity contribution in [2.24, 2.45) is 0 Å². The van der Waals surface area contributed by atoms with Crippen LogP contribution in [0.4, 0.5) is 0 Å². The van der Waals surface area contributed by atoms with Crippen LogP contribution in [0.2, 0.25) is 0 Å². The van der Waals surface area contributed by atoms with E-state index in [9.17, 15) is 18.3 Å². The molecule has 1 fully saturated rings. The number of benzene rings is 2. The number of carboxylic acids is 1. The first-order valence-corrected chi connectivity index (χ1v) is 11.9.